The van der Waals surface area contributed by atoms with Crippen LogP contribution in [0.5, 0.6) is 0 Å². The Hall–Kier alpha value is -2.52. The first kappa shape index (κ1) is 19.2. The first-order chi connectivity index (χ1) is 12.7. The van der Waals surface area contributed by atoms with Crippen molar-refractivity contribution in [1.82, 2.24) is 9.55 Å². The lowest BCUT2D eigenvalue weighted by Crippen LogP contribution is -2.23. The Morgan fingerprint density at radius 1 is 1.22 bits per heavy atom. The fraction of sp³-hybridized carbons (Fsp3) is 0.278. The average molecular weight is 406 g/mol. The normalized spacial score (nSPS) is 11.7. The quantitative estimate of drug-likeness (QED) is 0.703. The molecule has 0 atom stereocenters. The van der Waals surface area contributed by atoms with E-state index in [4.69, 9.17) is 0 Å². The average Bonchev–Trinajstić information content (AvgIpc) is 2.89. The van der Waals surface area contributed by atoms with E-state index in [1.807, 2.05) is 13.8 Å². The number of sulfone groups is 1. The predicted octanol–water partition coefficient (Wildman–Crippen LogP) is 2.51. The Kier molecular flexibility index (Phi) is 5.16. The molecule has 0 spiro atoms. The maximum atomic E-state index is 12.6. The summed E-state index contributed by atoms with van der Waals surface area (Å²) in [5, 5.41) is 3.30. The van der Waals surface area contributed by atoms with Crippen LogP contribution >= 0.6 is 11.3 Å². The highest BCUT2D eigenvalue weighted by Gasteiger charge is 2.13. The summed E-state index contributed by atoms with van der Waals surface area (Å²) >= 11 is 1.48. The SMILES string of the molecule is Cc1sc2ncn(CCC(=O)Nc3ccc(S(C)(=O)=O)cc3)c(=O)c2c1C. The zero-order valence-corrected chi connectivity index (χ0v) is 16.8. The molecular weight excluding hydrogens is 386 g/mol. The van der Waals surface area contributed by atoms with E-state index in [0.29, 0.717) is 15.9 Å². The van der Waals surface area contributed by atoms with Crippen LogP contribution in [0.1, 0.15) is 16.9 Å². The van der Waals surface area contributed by atoms with Gasteiger partial charge in [0.1, 0.15) is 4.83 Å². The Morgan fingerprint density at radius 3 is 2.52 bits per heavy atom. The molecule has 1 amide bonds. The van der Waals surface area contributed by atoms with E-state index in [1.54, 1.807) is 0 Å². The number of benzene rings is 1. The van der Waals surface area contributed by atoms with Gasteiger partial charge < -0.3 is 5.32 Å². The molecule has 0 saturated carbocycles. The minimum Gasteiger partial charge on any atom is -0.326 e. The Bertz CT molecular complexity index is 1180. The predicted molar refractivity (Wildman–Crippen MR) is 106 cm³/mol. The molecule has 0 bridgehead atoms. The van der Waals surface area contributed by atoms with E-state index in [9.17, 15) is 18.0 Å². The number of fused-ring (bicyclic) bond motifs is 1. The third-order valence-corrected chi connectivity index (χ3v) is 6.55. The van der Waals surface area contributed by atoms with Crippen LogP contribution < -0.4 is 10.9 Å². The van der Waals surface area contributed by atoms with Crippen molar-refractivity contribution in [3.05, 3.63) is 51.4 Å². The number of hydrogen-bond acceptors (Lipinski definition) is 6. The van der Waals surface area contributed by atoms with Gasteiger partial charge in [0.05, 0.1) is 16.6 Å². The summed E-state index contributed by atoms with van der Waals surface area (Å²) in [6.45, 7) is 4.06. The van der Waals surface area contributed by atoms with Crippen LogP contribution in [-0.2, 0) is 21.2 Å². The van der Waals surface area contributed by atoms with Crippen molar-refractivity contribution in [2.75, 3.05) is 11.6 Å². The zero-order valence-electron chi connectivity index (χ0n) is 15.1. The monoisotopic (exact) mass is 405 g/mol. The highest BCUT2D eigenvalue weighted by Crippen LogP contribution is 2.25. The van der Waals surface area contributed by atoms with Crippen molar-refractivity contribution < 1.29 is 13.2 Å². The van der Waals surface area contributed by atoms with Gasteiger partial charge in [0, 0.05) is 29.8 Å². The van der Waals surface area contributed by atoms with Gasteiger partial charge in [0.25, 0.3) is 5.56 Å². The molecule has 0 saturated heterocycles. The van der Waals surface area contributed by atoms with Gasteiger partial charge in [-0.3, -0.25) is 14.2 Å². The lowest BCUT2D eigenvalue weighted by atomic mass is 10.2. The molecule has 1 aromatic carbocycles. The van der Waals surface area contributed by atoms with Gasteiger partial charge in [0.2, 0.25) is 5.91 Å². The highest BCUT2D eigenvalue weighted by molar-refractivity contribution is 7.90. The molecule has 0 aliphatic rings. The molecule has 0 radical (unpaired) electrons. The number of amides is 1. The Morgan fingerprint density at radius 2 is 1.89 bits per heavy atom. The number of carbonyl (C=O) groups is 1. The van der Waals surface area contributed by atoms with E-state index in [-0.39, 0.29) is 29.3 Å². The van der Waals surface area contributed by atoms with Crippen molar-refractivity contribution in [3.8, 4) is 0 Å². The van der Waals surface area contributed by atoms with Gasteiger partial charge in [-0.15, -0.1) is 11.3 Å². The number of aryl methyl sites for hydroxylation is 3. The maximum Gasteiger partial charge on any atom is 0.262 e. The zero-order chi connectivity index (χ0) is 19.8. The summed E-state index contributed by atoms with van der Waals surface area (Å²) in [7, 11) is -3.28. The second-order valence-corrected chi connectivity index (χ2v) is 9.52. The lowest BCUT2D eigenvalue weighted by molar-refractivity contribution is -0.116. The van der Waals surface area contributed by atoms with E-state index < -0.39 is 9.84 Å². The number of carbonyl (C=O) groups excluding carboxylic acids is 1. The fourth-order valence-corrected chi connectivity index (χ4v) is 4.28. The molecule has 3 rings (SSSR count). The molecule has 9 heteroatoms. The maximum absolute atomic E-state index is 12.6. The van der Waals surface area contributed by atoms with Crippen LogP contribution in [0.3, 0.4) is 0 Å². The topological polar surface area (TPSA) is 98.1 Å². The minimum atomic E-state index is -3.28. The van der Waals surface area contributed by atoms with Crippen molar-refractivity contribution in [3.63, 3.8) is 0 Å². The fourth-order valence-electron chi connectivity index (χ4n) is 2.66. The van der Waals surface area contributed by atoms with Gasteiger partial charge in [-0.05, 0) is 43.7 Å². The van der Waals surface area contributed by atoms with Gasteiger partial charge in [-0.25, -0.2) is 13.4 Å². The van der Waals surface area contributed by atoms with Crippen LogP contribution in [0, 0.1) is 13.8 Å². The standard InChI is InChI=1S/C18H19N3O4S2/c1-11-12(2)26-17-16(11)18(23)21(10-19-17)9-8-15(22)20-13-4-6-14(7-5-13)27(3,24)25/h4-7,10H,8-9H2,1-3H3,(H,20,22). The number of anilines is 1. The third kappa shape index (κ3) is 4.09. The van der Waals surface area contributed by atoms with E-state index >= 15 is 0 Å². The van der Waals surface area contributed by atoms with Crippen LogP contribution in [0.25, 0.3) is 10.2 Å². The number of nitrogens with zero attached hydrogens (tertiary/aromatic N) is 2. The smallest absolute Gasteiger partial charge is 0.262 e. The first-order valence-corrected chi connectivity index (χ1v) is 10.9. The number of hydrogen-bond donors (Lipinski definition) is 1. The van der Waals surface area contributed by atoms with E-state index in [2.05, 4.69) is 10.3 Å². The summed E-state index contributed by atoms with van der Waals surface area (Å²) in [6.07, 6.45) is 2.69. The molecule has 3 aromatic rings. The van der Waals surface area contributed by atoms with Gasteiger partial charge in [0.15, 0.2) is 9.84 Å². The number of rotatable bonds is 5. The first-order valence-electron chi connectivity index (χ1n) is 8.22. The molecule has 0 fully saturated rings. The van der Waals surface area contributed by atoms with Gasteiger partial charge >= 0.3 is 0 Å². The molecule has 0 aliphatic heterocycles. The summed E-state index contributed by atoms with van der Waals surface area (Å²) in [4.78, 5) is 31.0. The second kappa shape index (κ2) is 7.24. The largest absolute Gasteiger partial charge is 0.326 e. The molecule has 142 valence electrons. The third-order valence-electron chi connectivity index (χ3n) is 4.30. The minimum absolute atomic E-state index is 0.100. The summed E-state index contributed by atoms with van der Waals surface area (Å²) in [6, 6.07) is 5.95. The molecule has 2 heterocycles. The molecule has 0 unspecified atom stereocenters. The lowest BCUT2D eigenvalue weighted by Gasteiger charge is -2.08. The Balaban J connectivity index is 1.69. The van der Waals surface area contributed by atoms with Crippen molar-refractivity contribution >= 4 is 43.0 Å². The van der Waals surface area contributed by atoms with Crippen molar-refractivity contribution in [2.24, 2.45) is 0 Å². The van der Waals surface area contributed by atoms with Crippen molar-refractivity contribution in [1.29, 1.82) is 0 Å². The number of nitrogens with one attached hydrogen (secondary N) is 1. The van der Waals surface area contributed by atoms with Gasteiger partial charge in [-0.1, -0.05) is 0 Å². The van der Waals surface area contributed by atoms with Crippen LogP contribution in [-0.4, -0.2) is 30.1 Å². The number of thiophene rings is 1. The molecule has 27 heavy (non-hydrogen) atoms. The molecule has 2 aromatic heterocycles. The Labute approximate surface area is 160 Å². The second-order valence-electron chi connectivity index (χ2n) is 6.30. The molecule has 7 nitrogen and oxygen atoms in total. The molecule has 0 aliphatic carbocycles. The van der Waals surface area contributed by atoms with Crippen molar-refractivity contribution in [2.45, 2.75) is 31.7 Å². The van der Waals surface area contributed by atoms with E-state index in [1.165, 1.54) is 46.5 Å². The van der Waals surface area contributed by atoms with E-state index in [0.717, 1.165) is 16.7 Å². The molecular formula is C18H19N3O4S2. The summed E-state index contributed by atoms with van der Waals surface area (Å²) in [5.41, 5.74) is 1.28. The number of aromatic nitrogens is 2. The van der Waals surface area contributed by atoms with Gasteiger partial charge in [-0.2, -0.15) is 0 Å². The van der Waals surface area contributed by atoms with Crippen LogP contribution in [0.4, 0.5) is 5.69 Å². The highest BCUT2D eigenvalue weighted by atomic mass is 32.2. The van der Waals surface area contributed by atoms with Crippen LogP contribution in [0.2, 0.25) is 0 Å². The summed E-state index contributed by atoms with van der Waals surface area (Å²) < 4.78 is 24.3. The molecule has 1 N–H and O–H groups in total. The van der Waals surface area contributed by atoms with Crippen LogP contribution in [0.15, 0.2) is 40.3 Å². The summed E-state index contributed by atoms with van der Waals surface area (Å²) in [5.74, 6) is -0.271.